The lowest BCUT2D eigenvalue weighted by Gasteiger charge is -2.11. The molecule has 3 rings (SSSR count). The summed E-state index contributed by atoms with van der Waals surface area (Å²) in [6.07, 6.45) is -3.22. The van der Waals surface area contributed by atoms with Gasteiger partial charge in [-0.15, -0.1) is 0 Å². The maximum Gasteiger partial charge on any atom is 0.416 e. The van der Waals surface area contributed by atoms with Crippen LogP contribution in [-0.2, 0) is 6.18 Å². The van der Waals surface area contributed by atoms with Crippen molar-refractivity contribution in [3.05, 3.63) is 83.4 Å². The fourth-order valence-corrected chi connectivity index (χ4v) is 2.95. The van der Waals surface area contributed by atoms with Gasteiger partial charge >= 0.3 is 12.1 Å². The van der Waals surface area contributed by atoms with Crippen LogP contribution in [-0.4, -0.2) is 27.5 Å². The van der Waals surface area contributed by atoms with Gasteiger partial charge in [0.25, 0.3) is 0 Å². The molecule has 0 atom stereocenters. The molecule has 6 nitrogen and oxygen atoms in total. The average Bonchev–Trinajstić information content (AvgIpc) is 2.75. The Morgan fingerprint density at radius 3 is 2.38 bits per heavy atom. The minimum absolute atomic E-state index is 0.109. The van der Waals surface area contributed by atoms with Gasteiger partial charge in [0, 0.05) is 16.8 Å². The topological polar surface area (TPSA) is 94.0 Å². The number of anilines is 1. The van der Waals surface area contributed by atoms with E-state index < -0.39 is 17.7 Å². The van der Waals surface area contributed by atoms with Crippen molar-refractivity contribution in [2.24, 2.45) is 5.10 Å². The highest BCUT2D eigenvalue weighted by atomic mass is 32.1. The second-order valence-corrected chi connectivity index (χ2v) is 6.94. The summed E-state index contributed by atoms with van der Waals surface area (Å²) in [5.41, 5.74) is 3.09. The third-order valence-corrected chi connectivity index (χ3v) is 4.52. The number of phenols is 1. The van der Waals surface area contributed by atoms with E-state index in [9.17, 15) is 23.1 Å². The van der Waals surface area contributed by atoms with Crippen molar-refractivity contribution in [3.8, 4) is 16.9 Å². The summed E-state index contributed by atoms with van der Waals surface area (Å²) in [7, 11) is 0. The first kappa shape index (κ1) is 22.8. The van der Waals surface area contributed by atoms with E-state index in [0.717, 1.165) is 12.1 Å². The number of alkyl halides is 3. The van der Waals surface area contributed by atoms with Crippen LogP contribution in [0.4, 0.5) is 18.9 Å². The minimum Gasteiger partial charge on any atom is -0.507 e. The number of nitrogens with zero attached hydrogens (tertiary/aromatic N) is 1. The van der Waals surface area contributed by atoms with Crippen molar-refractivity contribution < 1.29 is 28.2 Å². The van der Waals surface area contributed by atoms with E-state index in [1.54, 1.807) is 12.1 Å². The van der Waals surface area contributed by atoms with Crippen molar-refractivity contribution in [2.75, 3.05) is 5.32 Å². The number of carbonyl (C=O) groups is 1. The molecule has 0 aliphatic heterocycles. The maximum atomic E-state index is 13.0. The van der Waals surface area contributed by atoms with Gasteiger partial charge in [-0.3, -0.25) is 5.43 Å². The molecule has 3 aromatic carbocycles. The molecule has 10 heteroatoms. The Morgan fingerprint density at radius 2 is 1.72 bits per heavy atom. The molecule has 0 bridgehead atoms. The largest absolute Gasteiger partial charge is 0.507 e. The zero-order chi connectivity index (χ0) is 23.3. The predicted molar refractivity (Wildman–Crippen MR) is 119 cm³/mol. The first-order valence-corrected chi connectivity index (χ1v) is 9.49. The van der Waals surface area contributed by atoms with Crippen LogP contribution in [0.1, 0.15) is 21.5 Å². The molecule has 0 saturated carbocycles. The van der Waals surface area contributed by atoms with Crippen LogP contribution in [0, 0.1) is 0 Å². The molecule has 0 spiro atoms. The van der Waals surface area contributed by atoms with Crippen LogP contribution in [0.3, 0.4) is 0 Å². The minimum atomic E-state index is -4.49. The monoisotopic (exact) mass is 459 g/mol. The van der Waals surface area contributed by atoms with Gasteiger partial charge < -0.3 is 15.5 Å². The molecule has 0 heterocycles. The number of hydrazone groups is 1. The van der Waals surface area contributed by atoms with Crippen LogP contribution >= 0.6 is 12.2 Å². The van der Waals surface area contributed by atoms with Gasteiger partial charge in [-0.1, -0.05) is 24.3 Å². The molecule has 32 heavy (non-hydrogen) atoms. The fourth-order valence-electron chi connectivity index (χ4n) is 2.78. The predicted octanol–water partition coefficient (Wildman–Crippen LogP) is 5.10. The number of hydrogen-bond acceptors (Lipinski definition) is 4. The molecule has 0 radical (unpaired) electrons. The third-order valence-electron chi connectivity index (χ3n) is 4.33. The van der Waals surface area contributed by atoms with Crippen molar-refractivity contribution in [1.82, 2.24) is 5.43 Å². The molecule has 0 amide bonds. The van der Waals surface area contributed by atoms with E-state index in [1.807, 2.05) is 0 Å². The van der Waals surface area contributed by atoms with Gasteiger partial charge in [-0.2, -0.15) is 18.3 Å². The van der Waals surface area contributed by atoms with Crippen LogP contribution in [0.15, 0.2) is 71.8 Å². The number of aromatic hydroxyl groups is 1. The standard InChI is InChI=1S/C22H16F3N3O3S/c23-22(24,25)16-5-1-3-14(11-16)18-6-2-4-15(19(18)29)12-26-28-21(32)27-17-9-7-13(8-10-17)20(30)31/h1-12,29H,(H,30,31)(H2,27,28,32)/b26-12+. The molecule has 0 aromatic heterocycles. The summed E-state index contributed by atoms with van der Waals surface area (Å²) in [6, 6.07) is 15.2. The lowest BCUT2D eigenvalue weighted by molar-refractivity contribution is -0.137. The highest BCUT2D eigenvalue weighted by Crippen LogP contribution is 2.36. The summed E-state index contributed by atoms with van der Waals surface area (Å²) >= 11 is 5.10. The molecule has 0 aliphatic rings. The molecule has 0 unspecified atom stereocenters. The molecule has 0 saturated heterocycles. The number of phenolic OH excluding ortho intramolecular Hbond substituents is 1. The summed E-state index contributed by atoms with van der Waals surface area (Å²) < 4.78 is 38.9. The van der Waals surface area contributed by atoms with Gasteiger partial charge in [0.15, 0.2) is 5.11 Å². The van der Waals surface area contributed by atoms with Crippen LogP contribution < -0.4 is 10.7 Å². The van der Waals surface area contributed by atoms with Gasteiger partial charge in [0.1, 0.15) is 5.75 Å². The quantitative estimate of drug-likeness (QED) is 0.241. The van der Waals surface area contributed by atoms with Crippen LogP contribution in [0.25, 0.3) is 11.1 Å². The summed E-state index contributed by atoms with van der Waals surface area (Å²) in [5.74, 6) is -1.28. The first-order chi connectivity index (χ1) is 15.1. The zero-order valence-electron chi connectivity index (χ0n) is 16.2. The lowest BCUT2D eigenvalue weighted by Crippen LogP contribution is -2.23. The van der Waals surface area contributed by atoms with E-state index >= 15 is 0 Å². The van der Waals surface area contributed by atoms with E-state index in [0.29, 0.717) is 5.69 Å². The van der Waals surface area contributed by atoms with Crippen LogP contribution in [0.2, 0.25) is 0 Å². The Labute approximate surface area is 186 Å². The van der Waals surface area contributed by atoms with Crippen molar-refractivity contribution in [1.29, 1.82) is 0 Å². The van der Waals surface area contributed by atoms with Gasteiger partial charge in [-0.05, 0) is 60.2 Å². The molecule has 164 valence electrons. The smallest absolute Gasteiger partial charge is 0.416 e. The summed E-state index contributed by atoms with van der Waals surface area (Å²) in [4.78, 5) is 10.9. The van der Waals surface area contributed by atoms with E-state index in [2.05, 4.69) is 15.8 Å². The molecular formula is C22H16F3N3O3S. The fraction of sp³-hybridized carbons (Fsp3) is 0.0455. The number of benzene rings is 3. The zero-order valence-corrected chi connectivity index (χ0v) is 17.0. The number of rotatable bonds is 5. The molecule has 0 fully saturated rings. The Bertz CT molecular complexity index is 1180. The second kappa shape index (κ2) is 9.48. The Kier molecular flexibility index (Phi) is 6.74. The SMILES string of the molecule is O=C(O)c1ccc(NC(=S)N/N=C/c2cccc(-c3cccc(C(F)(F)F)c3)c2O)cc1. The number of carboxylic acid groups (broad SMARTS) is 1. The Hall–Kier alpha value is -3.92. The third kappa shape index (κ3) is 5.61. The number of hydrogen-bond donors (Lipinski definition) is 4. The number of thiocarbonyl (C=S) groups is 1. The van der Waals surface area contributed by atoms with Gasteiger partial charge in [-0.25, -0.2) is 4.79 Å². The highest BCUT2D eigenvalue weighted by Gasteiger charge is 2.30. The normalized spacial score (nSPS) is 11.3. The maximum absolute atomic E-state index is 13.0. The molecule has 3 aromatic rings. The van der Waals surface area contributed by atoms with Crippen molar-refractivity contribution in [3.63, 3.8) is 0 Å². The number of carboxylic acids is 1. The summed E-state index contributed by atoms with van der Waals surface area (Å²) in [5, 5.41) is 26.3. The van der Waals surface area contributed by atoms with E-state index in [4.69, 9.17) is 17.3 Å². The average molecular weight is 459 g/mol. The Balaban J connectivity index is 1.70. The van der Waals surface area contributed by atoms with E-state index in [1.165, 1.54) is 48.7 Å². The van der Waals surface area contributed by atoms with Crippen molar-refractivity contribution in [2.45, 2.75) is 6.18 Å². The van der Waals surface area contributed by atoms with Gasteiger partial charge in [0.2, 0.25) is 0 Å². The lowest BCUT2D eigenvalue weighted by atomic mass is 10.00. The van der Waals surface area contributed by atoms with E-state index in [-0.39, 0.29) is 33.1 Å². The van der Waals surface area contributed by atoms with Crippen LogP contribution in [0.5, 0.6) is 5.75 Å². The first-order valence-electron chi connectivity index (χ1n) is 9.08. The number of halogens is 3. The number of aromatic carboxylic acids is 1. The molecule has 4 N–H and O–H groups in total. The molecule has 0 aliphatic carbocycles. The second-order valence-electron chi connectivity index (χ2n) is 6.53. The molecular weight excluding hydrogens is 443 g/mol. The highest BCUT2D eigenvalue weighted by molar-refractivity contribution is 7.80. The Morgan fingerprint density at radius 1 is 1.03 bits per heavy atom. The number of nitrogens with one attached hydrogen (secondary N) is 2. The summed E-state index contributed by atoms with van der Waals surface area (Å²) in [6.45, 7) is 0. The van der Waals surface area contributed by atoms with Crippen molar-refractivity contribution >= 4 is 35.2 Å². The van der Waals surface area contributed by atoms with Gasteiger partial charge in [0.05, 0.1) is 17.3 Å². The number of para-hydroxylation sites is 1.